The lowest BCUT2D eigenvalue weighted by Crippen LogP contribution is -2.50. The quantitative estimate of drug-likeness (QED) is 0.791. The van der Waals surface area contributed by atoms with E-state index in [1.54, 1.807) is 0 Å². The summed E-state index contributed by atoms with van der Waals surface area (Å²) in [5, 5.41) is 12.7. The molecule has 0 aromatic carbocycles. The standard InChI is InChI=1S/C15H26N2O3S/c1-2-21-13-8-7-11(9-13)16-15(20)17(10-14(18)19)12-5-3-4-6-12/h11-13H,2-10H2,1H3,(H,16,20)(H,18,19). The summed E-state index contributed by atoms with van der Waals surface area (Å²) in [5.41, 5.74) is 0. The van der Waals surface area contributed by atoms with Crippen molar-refractivity contribution in [2.45, 2.75) is 69.2 Å². The Morgan fingerprint density at radius 1 is 1.24 bits per heavy atom. The smallest absolute Gasteiger partial charge is 0.323 e. The number of aliphatic carboxylic acids is 1. The number of urea groups is 1. The Bertz CT molecular complexity index is 372. The van der Waals surface area contributed by atoms with Crippen LogP contribution >= 0.6 is 11.8 Å². The molecule has 2 fully saturated rings. The maximum atomic E-state index is 12.4. The van der Waals surface area contributed by atoms with Crippen LogP contribution in [0.5, 0.6) is 0 Å². The summed E-state index contributed by atoms with van der Waals surface area (Å²) in [5.74, 6) is 0.182. The number of nitrogens with zero attached hydrogens (tertiary/aromatic N) is 1. The van der Waals surface area contributed by atoms with E-state index in [0.29, 0.717) is 5.25 Å². The number of carbonyl (C=O) groups excluding carboxylic acids is 1. The maximum absolute atomic E-state index is 12.4. The molecule has 2 rings (SSSR count). The number of rotatable bonds is 6. The molecule has 5 nitrogen and oxygen atoms in total. The first-order valence-corrected chi connectivity index (χ1v) is 9.05. The highest BCUT2D eigenvalue weighted by molar-refractivity contribution is 7.99. The molecule has 2 atom stereocenters. The Balaban J connectivity index is 1.87. The van der Waals surface area contributed by atoms with Gasteiger partial charge in [0.05, 0.1) is 0 Å². The summed E-state index contributed by atoms with van der Waals surface area (Å²) in [6, 6.07) is 0.124. The van der Waals surface area contributed by atoms with Gasteiger partial charge in [-0.25, -0.2) is 4.79 Å². The van der Waals surface area contributed by atoms with Crippen molar-refractivity contribution in [2.75, 3.05) is 12.3 Å². The minimum atomic E-state index is -0.928. The first kappa shape index (κ1) is 16.5. The zero-order valence-electron chi connectivity index (χ0n) is 12.7. The van der Waals surface area contributed by atoms with Gasteiger partial charge in [0.2, 0.25) is 0 Å². The van der Waals surface area contributed by atoms with Crippen LogP contribution in [0.15, 0.2) is 0 Å². The number of carboxylic acid groups (broad SMARTS) is 1. The fraction of sp³-hybridized carbons (Fsp3) is 0.867. The molecule has 0 aliphatic heterocycles. The van der Waals surface area contributed by atoms with Crippen molar-refractivity contribution < 1.29 is 14.7 Å². The second-order valence-corrected chi connectivity index (χ2v) is 7.57. The van der Waals surface area contributed by atoms with E-state index in [9.17, 15) is 9.59 Å². The molecule has 2 amide bonds. The number of thioether (sulfide) groups is 1. The number of amides is 2. The van der Waals surface area contributed by atoms with Crippen molar-refractivity contribution in [3.63, 3.8) is 0 Å². The second-order valence-electron chi connectivity index (χ2n) is 6.00. The molecule has 0 saturated heterocycles. The van der Waals surface area contributed by atoms with Crippen LogP contribution in [-0.2, 0) is 4.79 Å². The molecule has 2 unspecified atom stereocenters. The van der Waals surface area contributed by atoms with Crippen LogP contribution in [0.2, 0.25) is 0 Å². The van der Waals surface area contributed by atoms with Crippen LogP contribution < -0.4 is 5.32 Å². The third kappa shape index (κ3) is 4.80. The van der Waals surface area contributed by atoms with Gasteiger partial charge >= 0.3 is 12.0 Å². The molecule has 2 aliphatic carbocycles. The molecule has 120 valence electrons. The van der Waals surface area contributed by atoms with E-state index >= 15 is 0 Å². The second kappa shape index (κ2) is 7.92. The molecule has 0 heterocycles. The van der Waals surface area contributed by atoms with Gasteiger partial charge in [0, 0.05) is 17.3 Å². The lowest BCUT2D eigenvalue weighted by Gasteiger charge is -2.29. The Kier molecular flexibility index (Phi) is 6.21. The molecule has 2 aliphatic rings. The zero-order chi connectivity index (χ0) is 15.2. The van der Waals surface area contributed by atoms with E-state index in [2.05, 4.69) is 12.2 Å². The van der Waals surface area contributed by atoms with Crippen molar-refractivity contribution in [1.82, 2.24) is 10.2 Å². The number of hydrogen-bond acceptors (Lipinski definition) is 3. The zero-order valence-corrected chi connectivity index (χ0v) is 13.5. The third-order valence-corrected chi connectivity index (χ3v) is 5.68. The van der Waals surface area contributed by atoms with Crippen molar-refractivity contribution >= 4 is 23.8 Å². The minimum absolute atomic E-state index is 0.100. The topological polar surface area (TPSA) is 69.6 Å². The summed E-state index contributed by atoms with van der Waals surface area (Å²) in [7, 11) is 0. The molecule has 21 heavy (non-hydrogen) atoms. The molecule has 0 aromatic heterocycles. The van der Waals surface area contributed by atoms with Gasteiger partial charge in [0.25, 0.3) is 0 Å². The summed E-state index contributed by atoms with van der Waals surface area (Å²) >= 11 is 1.96. The fourth-order valence-corrected chi connectivity index (χ4v) is 4.59. The molecular formula is C15H26N2O3S. The predicted molar refractivity (Wildman–Crippen MR) is 84.7 cm³/mol. The molecular weight excluding hydrogens is 288 g/mol. The molecule has 0 spiro atoms. The minimum Gasteiger partial charge on any atom is -0.480 e. The van der Waals surface area contributed by atoms with Crippen LogP contribution in [0.3, 0.4) is 0 Å². The summed E-state index contributed by atoms with van der Waals surface area (Å²) in [4.78, 5) is 25.0. The summed E-state index contributed by atoms with van der Waals surface area (Å²) in [6.45, 7) is 1.97. The largest absolute Gasteiger partial charge is 0.480 e. The Morgan fingerprint density at radius 2 is 1.95 bits per heavy atom. The van der Waals surface area contributed by atoms with Gasteiger partial charge in [-0.3, -0.25) is 4.79 Å². The molecule has 2 N–H and O–H groups in total. The maximum Gasteiger partial charge on any atom is 0.323 e. The van der Waals surface area contributed by atoms with E-state index in [4.69, 9.17) is 5.11 Å². The van der Waals surface area contributed by atoms with Gasteiger partial charge < -0.3 is 15.3 Å². The van der Waals surface area contributed by atoms with E-state index in [1.807, 2.05) is 11.8 Å². The van der Waals surface area contributed by atoms with Gasteiger partial charge in [-0.05, 0) is 37.9 Å². The average molecular weight is 314 g/mol. The van der Waals surface area contributed by atoms with E-state index in [-0.39, 0.29) is 24.7 Å². The van der Waals surface area contributed by atoms with Gasteiger partial charge in [0.15, 0.2) is 0 Å². The first-order chi connectivity index (χ1) is 10.1. The lowest BCUT2D eigenvalue weighted by atomic mass is 10.2. The normalized spacial score (nSPS) is 26.0. The number of nitrogens with one attached hydrogen (secondary N) is 1. The molecule has 0 bridgehead atoms. The summed E-state index contributed by atoms with van der Waals surface area (Å²) < 4.78 is 0. The molecule has 6 heteroatoms. The Hall–Kier alpha value is -0.910. The van der Waals surface area contributed by atoms with Gasteiger partial charge in [0.1, 0.15) is 6.54 Å². The number of carboxylic acids is 1. The predicted octanol–water partition coefficient (Wildman–Crippen LogP) is 2.70. The van der Waals surface area contributed by atoms with Crippen molar-refractivity contribution in [1.29, 1.82) is 0 Å². The van der Waals surface area contributed by atoms with Crippen molar-refractivity contribution in [3.8, 4) is 0 Å². The highest BCUT2D eigenvalue weighted by Crippen LogP contribution is 2.30. The van der Waals surface area contributed by atoms with Gasteiger partial charge in [-0.1, -0.05) is 19.8 Å². The SMILES string of the molecule is CCSC1CCC(NC(=O)N(CC(=O)O)C2CCCC2)C1. The Labute approximate surface area is 130 Å². The molecule has 2 saturated carbocycles. The van der Waals surface area contributed by atoms with Crippen molar-refractivity contribution in [2.24, 2.45) is 0 Å². The van der Waals surface area contributed by atoms with E-state index in [0.717, 1.165) is 50.7 Å². The van der Waals surface area contributed by atoms with E-state index < -0.39 is 5.97 Å². The third-order valence-electron chi connectivity index (χ3n) is 4.45. The van der Waals surface area contributed by atoms with E-state index in [1.165, 1.54) is 4.90 Å². The number of carbonyl (C=O) groups is 2. The highest BCUT2D eigenvalue weighted by Gasteiger charge is 2.31. The van der Waals surface area contributed by atoms with Crippen LogP contribution in [0.4, 0.5) is 4.79 Å². The van der Waals surface area contributed by atoms with Gasteiger partial charge in [-0.15, -0.1) is 0 Å². The summed E-state index contributed by atoms with van der Waals surface area (Å²) in [6.07, 6.45) is 7.20. The van der Waals surface area contributed by atoms with Crippen molar-refractivity contribution in [3.05, 3.63) is 0 Å². The van der Waals surface area contributed by atoms with Crippen LogP contribution in [0.1, 0.15) is 51.9 Å². The van der Waals surface area contributed by atoms with Crippen LogP contribution in [-0.4, -0.2) is 51.6 Å². The lowest BCUT2D eigenvalue weighted by molar-refractivity contribution is -0.138. The van der Waals surface area contributed by atoms with Gasteiger partial charge in [-0.2, -0.15) is 11.8 Å². The van der Waals surface area contributed by atoms with Crippen LogP contribution in [0, 0.1) is 0 Å². The molecule has 0 aromatic rings. The fourth-order valence-electron chi connectivity index (χ4n) is 3.44. The Morgan fingerprint density at radius 3 is 2.57 bits per heavy atom. The van der Waals surface area contributed by atoms with Crippen LogP contribution in [0.25, 0.3) is 0 Å². The monoisotopic (exact) mass is 314 g/mol. The molecule has 0 radical (unpaired) electrons. The first-order valence-electron chi connectivity index (χ1n) is 8.00. The average Bonchev–Trinajstić information content (AvgIpc) is 3.08. The number of hydrogen-bond donors (Lipinski definition) is 2. The highest BCUT2D eigenvalue weighted by atomic mass is 32.2.